The third-order valence-corrected chi connectivity index (χ3v) is 1.90. The smallest absolute Gasteiger partial charge is 0.322 e. The van der Waals surface area contributed by atoms with Gasteiger partial charge in [-0.05, 0) is 6.07 Å². The lowest BCUT2D eigenvalue weighted by molar-refractivity contribution is -0.140. The molecule has 0 saturated carbocycles. The molecule has 7 heteroatoms. The number of rotatable bonds is 2. The van der Waals surface area contributed by atoms with Crippen molar-refractivity contribution in [2.45, 2.75) is 12.2 Å². The second-order valence-corrected chi connectivity index (χ2v) is 2.97. The van der Waals surface area contributed by atoms with E-state index in [1.165, 1.54) is 0 Å². The maximum Gasteiger partial charge on any atom is 0.419 e. The van der Waals surface area contributed by atoms with Crippen LogP contribution in [0.25, 0.3) is 0 Å². The van der Waals surface area contributed by atoms with Crippen LogP contribution in [0.1, 0.15) is 17.2 Å². The molecule has 0 amide bonds. The summed E-state index contributed by atoms with van der Waals surface area (Å²) in [6.45, 7) is -1.11. The van der Waals surface area contributed by atoms with Crippen LogP contribution in [0.15, 0.2) is 18.2 Å². The normalized spacial score (nSPS) is 13.1. The number of benzene rings is 1. The average Bonchev–Trinajstić information content (AvgIpc) is 2.15. The van der Waals surface area contributed by atoms with Crippen molar-refractivity contribution in [3.8, 4) is 0 Å². The molecule has 92 valence electrons. The molecule has 16 heavy (non-hydrogen) atoms. The molecule has 0 unspecified atom stereocenters. The van der Waals surface area contributed by atoms with E-state index in [0.717, 1.165) is 12.1 Å². The average molecular weight is 262 g/mol. The Morgan fingerprint density at radius 1 is 1.25 bits per heavy atom. The maximum absolute atomic E-state index is 13.2. The van der Waals surface area contributed by atoms with Gasteiger partial charge >= 0.3 is 6.18 Å². The highest BCUT2D eigenvalue weighted by atomic mass is 35.5. The number of halogens is 6. The molecule has 0 aliphatic heterocycles. The fourth-order valence-corrected chi connectivity index (χ4v) is 1.14. The first-order valence-corrected chi connectivity index (χ1v) is 4.05. The Kier molecular flexibility index (Phi) is 5.15. The second-order valence-electron chi connectivity index (χ2n) is 2.97. The number of hydrogen-bond acceptors (Lipinski definition) is 1. The summed E-state index contributed by atoms with van der Waals surface area (Å²) in [6.07, 6.45) is -4.80. The van der Waals surface area contributed by atoms with Gasteiger partial charge in [0.05, 0.1) is 11.6 Å². The Bertz CT molecular complexity index is 352. The zero-order chi connectivity index (χ0) is 11.6. The SMILES string of the molecule is Cl.N[C@H](CF)c1cccc(C(F)(F)F)c1F. The lowest BCUT2D eigenvalue weighted by Gasteiger charge is -2.13. The van der Waals surface area contributed by atoms with Crippen LogP contribution in [-0.4, -0.2) is 6.67 Å². The molecule has 0 saturated heterocycles. The van der Waals surface area contributed by atoms with E-state index in [1.54, 1.807) is 0 Å². The fourth-order valence-electron chi connectivity index (χ4n) is 1.14. The first kappa shape index (κ1) is 15.1. The highest BCUT2D eigenvalue weighted by Gasteiger charge is 2.35. The van der Waals surface area contributed by atoms with Crippen molar-refractivity contribution < 1.29 is 22.0 Å². The lowest BCUT2D eigenvalue weighted by Crippen LogP contribution is -2.17. The van der Waals surface area contributed by atoms with Gasteiger partial charge in [-0.25, -0.2) is 8.78 Å². The van der Waals surface area contributed by atoms with E-state index in [4.69, 9.17) is 5.73 Å². The predicted octanol–water partition coefficient (Wildman–Crippen LogP) is 3.24. The number of alkyl halides is 4. The molecule has 1 nitrogen and oxygen atoms in total. The summed E-state index contributed by atoms with van der Waals surface area (Å²) in [5.74, 6) is -1.50. The van der Waals surface area contributed by atoms with Crippen LogP contribution in [0.5, 0.6) is 0 Å². The predicted molar refractivity (Wildman–Crippen MR) is 51.6 cm³/mol. The minimum atomic E-state index is -4.80. The number of nitrogens with two attached hydrogens (primary N) is 1. The third-order valence-electron chi connectivity index (χ3n) is 1.90. The molecule has 0 bridgehead atoms. The molecule has 0 aliphatic carbocycles. The molecular weight excluding hydrogens is 253 g/mol. The molecule has 0 heterocycles. The van der Waals surface area contributed by atoms with E-state index < -0.39 is 35.8 Å². The zero-order valence-electron chi connectivity index (χ0n) is 7.89. The van der Waals surface area contributed by atoms with Crippen molar-refractivity contribution in [2.75, 3.05) is 6.67 Å². The quantitative estimate of drug-likeness (QED) is 0.813. The van der Waals surface area contributed by atoms with Crippen molar-refractivity contribution in [1.82, 2.24) is 0 Å². The molecular formula is C9H9ClF5N. The van der Waals surface area contributed by atoms with E-state index in [0.29, 0.717) is 6.07 Å². The van der Waals surface area contributed by atoms with Crippen LogP contribution < -0.4 is 5.73 Å². The maximum atomic E-state index is 13.2. The standard InChI is InChI=1S/C9H8F5N.ClH/c10-4-7(15)5-2-1-3-6(8(5)11)9(12,13)14;/h1-3,7H,4,15H2;1H/t7-;/m1./s1. The van der Waals surface area contributed by atoms with Gasteiger partial charge in [0.2, 0.25) is 0 Å². The summed E-state index contributed by atoms with van der Waals surface area (Å²) in [5, 5.41) is 0. The summed E-state index contributed by atoms with van der Waals surface area (Å²) >= 11 is 0. The van der Waals surface area contributed by atoms with Gasteiger partial charge in [-0.3, -0.25) is 0 Å². The van der Waals surface area contributed by atoms with Crippen LogP contribution in [0.3, 0.4) is 0 Å². The fraction of sp³-hybridized carbons (Fsp3) is 0.333. The minimum Gasteiger partial charge on any atom is -0.322 e. The van der Waals surface area contributed by atoms with Gasteiger partial charge in [0.1, 0.15) is 12.5 Å². The summed E-state index contributed by atoms with van der Waals surface area (Å²) in [6, 6.07) is 1.25. The summed E-state index contributed by atoms with van der Waals surface area (Å²) in [5.41, 5.74) is 3.23. The summed E-state index contributed by atoms with van der Waals surface area (Å²) in [4.78, 5) is 0. The highest BCUT2D eigenvalue weighted by Crippen LogP contribution is 2.33. The molecule has 1 atom stereocenters. The Balaban J connectivity index is 0.00000225. The zero-order valence-corrected chi connectivity index (χ0v) is 8.71. The Morgan fingerprint density at radius 3 is 2.25 bits per heavy atom. The van der Waals surface area contributed by atoms with Gasteiger partial charge in [-0.1, -0.05) is 12.1 Å². The largest absolute Gasteiger partial charge is 0.419 e. The molecule has 0 spiro atoms. The molecule has 0 aromatic heterocycles. The summed E-state index contributed by atoms with van der Waals surface area (Å²) < 4.78 is 62.0. The van der Waals surface area contributed by atoms with Gasteiger partial charge in [-0.15, -0.1) is 12.4 Å². The van der Waals surface area contributed by atoms with Crippen LogP contribution >= 0.6 is 12.4 Å². The van der Waals surface area contributed by atoms with E-state index in [1.807, 2.05) is 0 Å². The molecule has 1 rings (SSSR count). The van der Waals surface area contributed by atoms with Gasteiger partial charge in [0.15, 0.2) is 0 Å². The van der Waals surface area contributed by atoms with E-state index >= 15 is 0 Å². The van der Waals surface area contributed by atoms with Crippen molar-refractivity contribution in [3.05, 3.63) is 35.1 Å². The van der Waals surface area contributed by atoms with Crippen LogP contribution in [0.2, 0.25) is 0 Å². The monoisotopic (exact) mass is 261 g/mol. The molecule has 0 radical (unpaired) electrons. The Labute approximate surface area is 94.8 Å². The van der Waals surface area contributed by atoms with Crippen LogP contribution in [-0.2, 0) is 6.18 Å². The van der Waals surface area contributed by atoms with Crippen molar-refractivity contribution in [3.63, 3.8) is 0 Å². The van der Waals surface area contributed by atoms with Crippen molar-refractivity contribution in [2.24, 2.45) is 5.73 Å². The Hall–Kier alpha value is -0.880. The van der Waals surface area contributed by atoms with E-state index in [9.17, 15) is 22.0 Å². The lowest BCUT2D eigenvalue weighted by atomic mass is 10.0. The Morgan fingerprint density at radius 2 is 1.81 bits per heavy atom. The first-order chi connectivity index (χ1) is 6.88. The molecule has 1 aromatic rings. The van der Waals surface area contributed by atoms with Gasteiger partial charge in [0.25, 0.3) is 0 Å². The topological polar surface area (TPSA) is 26.0 Å². The van der Waals surface area contributed by atoms with Crippen LogP contribution in [0.4, 0.5) is 22.0 Å². The molecule has 0 fully saturated rings. The summed E-state index contributed by atoms with van der Waals surface area (Å²) in [7, 11) is 0. The van der Waals surface area contributed by atoms with Crippen molar-refractivity contribution in [1.29, 1.82) is 0 Å². The van der Waals surface area contributed by atoms with Crippen molar-refractivity contribution >= 4 is 12.4 Å². The molecule has 0 aliphatic rings. The molecule has 1 aromatic carbocycles. The minimum absolute atomic E-state index is 0. The van der Waals surface area contributed by atoms with Gasteiger partial charge < -0.3 is 5.73 Å². The highest BCUT2D eigenvalue weighted by molar-refractivity contribution is 5.85. The van der Waals surface area contributed by atoms with Gasteiger partial charge in [-0.2, -0.15) is 13.2 Å². The van der Waals surface area contributed by atoms with E-state index in [2.05, 4.69) is 0 Å². The molecule has 2 N–H and O–H groups in total. The second kappa shape index (κ2) is 5.45. The van der Waals surface area contributed by atoms with Gasteiger partial charge in [0, 0.05) is 5.56 Å². The third kappa shape index (κ3) is 3.05. The van der Waals surface area contributed by atoms with E-state index in [-0.39, 0.29) is 12.4 Å². The first-order valence-electron chi connectivity index (χ1n) is 4.05. The van der Waals surface area contributed by atoms with Crippen LogP contribution in [0, 0.1) is 5.82 Å². The number of hydrogen-bond donors (Lipinski definition) is 1.